The van der Waals surface area contributed by atoms with Crippen molar-refractivity contribution >= 4 is 11.8 Å². The van der Waals surface area contributed by atoms with E-state index >= 15 is 0 Å². The molecule has 100 valence electrons. The Morgan fingerprint density at radius 1 is 1.22 bits per heavy atom. The van der Waals surface area contributed by atoms with Crippen LogP contribution in [0.2, 0.25) is 0 Å². The van der Waals surface area contributed by atoms with Gasteiger partial charge in [-0.3, -0.25) is 4.90 Å². The fraction of sp³-hybridized carbons (Fsp3) is 0.600. The van der Waals surface area contributed by atoms with Crippen LogP contribution in [0.4, 0.5) is 0 Å². The summed E-state index contributed by atoms with van der Waals surface area (Å²) < 4.78 is 0. The Hall–Kier alpha value is -0.510. The Morgan fingerprint density at radius 3 is 2.39 bits per heavy atom. The zero-order valence-corrected chi connectivity index (χ0v) is 12.4. The highest BCUT2D eigenvalue weighted by molar-refractivity contribution is 8.00. The summed E-state index contributed by atoms with van der Waals surface area (Å²) in [7, 11) is 2.04. The lowest BCUT2D eigenvalue weighted by Crippen LogP contribution is -2.45. The van der Waals surface area contributed by atoms with E-state index in [4.69, 9.17) is 0 Å². The highest BCUT2D eigenvalue weighted by Gasteiger charge is 2.28. The molecule has 1 fully saturated rings. The molecule has 18 heavy (non-hydrogen) atoms. The molecule has 0 bridgehead atoms. The van der Waals surface area contributed by atoms with Gasteiger partial charge in [0.25, 0.3) is 0 Å². The third kappa shape index (κ3) is 3.50. The highest BCUT2D eigenvalue weighted by Crippen LogP contribution is 2.30. The predicted octanol–water partition coefficient (Wildman–Crippen LogP) is 2.77. The average molecular weight is 264 g/mol. The minimum Gasteiger partial charge on any atom is -0.318 e. The van der Waals surface area contributed by atoms with Gasteiger partial charge >= 0.3 is 0 Å². The van der Waals surface area contributed by atoms with Crippen molar-refractivity contribution in [3.05, 3.63) is 35.9 Å². The number of nitrogens with zero attached hydrogens (tertiary/aromatic N) is 1. The van der Waals surface area contributed by atoms with Crippen molar-refractivity contribution in [2.75, 3.05) is 26.7 Å². The molecule has 1 saturated heterocycles. The number of rotatable bonds is 4. The lowest BCUT2D eigenvalue weighted by Gasteiger charge is -2.40. The molecule has 3 unspecified atom stereocenters. The van der Waals surface area contributed by atoms with Crippen LogP contribution in [-0.2, 0) is 0 Å². The van der Waals surface area contributed by atoms with Gasteiger partial charge in [0.15, 0.2) is 0 Å². The van der Waals surface area contributed by atoms with E-state index in [1.165, 1.54) is 18.7 Å². The molecule has 0 aromatic heterocycles. The van der Waals surface area contributed by atoms with Crippen molar-refractivity contribution in [1.29, 1.82) is 0 Å². The Kier molecular flexibility index (Phi) is 5.10. The van der Waals surface area contributed by atoms with Crippen LogP contribution in [0.3, 0.4) is 0 Å². The number of thioether (sulfide) groups is 1. The molecule has 1 heterocycles. The molecule has 3 atom stereocenters. The van der Waals surface area contributed by atoms with Crippen molar-refractivity contribution in [2.45, 2.75) is 30.4 Å². The van der Waals surface area contributed by atoms with E-state index in [1.54, 1.807) is 0 Å². The third-order valence-corrected chi connectivity index (χ3v) is 4.70. The van der Waals surface area contributed by atoms with Crippen LogP contribution in [0, 0.1) is 0 Å². The van der Waals surface area contributed by atoms with Crippen LogP contribution >= 0.6 is 11.8 Å². The van der Waals surface area contributed by atoms with E-state index in [2.05, 4.69) is 66.2 Å². The summed E-state index contributed by atoms with van der Waals surface area (Å²) in [4.78, 5) is 2.64. The molecule has 2 rings (SSSR count). The standard InChI is InChI=1S/C15H24N2S/c1-12-10-17(11-13(2)18-12)15(9-16-3)14-7-5-4-6-8-14/h4-8,12-13,15-16H,9-11H2,1-3H3. The smallest absolute Gasteiger partial charge is 0.0473 e. The van der Waals surface area contributed by atoms with Crippen molar-refractivity contribution < 1.29 is 0 Å². The second kappa shape index (κ2) is 6.60. The highest BCUT2D eigenvalue weighted by atomic mass is 32.2. The third-order valence-electron chi connectivity index (χ3n) is 3.47. The number of likely N-dealkylation sites (N-methyl/N-ethyl adjacent to an activating group) is 1. The van der Waals surface area contributed by atoms with Gasteiger partial charge in [-0.15, -0.1) is 0 Å². The maximum absolute atomic E-state index is 3.34. The Bertz CT molecular complexity index is 345. The van der Waals surface area contributed by atoms with Gasteiger partial charge in [0.1, 0.15) is 0 Å². The van der Waals surface area contributed by atoms with Gasteiger partial charge in [-0.05, 0) is 12.6 Å². The molecule has 3 heteroatoms. The van der Waals surface area contributed by atoms with Crippen LogP contribution < -0.4 is 5.32 Å². The quantitative estimate of drug-likeness (QED) is 0.900. The number of benzene rings is 1. The first kappa shape index (κ1) is 13.9. The zero-order chi connectivity index (χ0) is 13.0. The summed E-state index contributed by atoms with van der Waals surface area (Å²) in [5, 5.41) is 4.81. The molecule has 0 aliphatic carbocycles. The van der Waals surface area contributed by atoms with E-state index in [0.717, 1.165) is 17.0 Å². The van der Waals surface area contributed by atoms with Gasteiger partial charge in [0, 0.05) is 36.2 Å². The van der Waals surface area contributed by atoms with Gasteiger partial charge in [0.05, 0.1) is 0 Å². The maximum Gasteiger partial charge on any atom is 0.0473 e. The minimum absolute atomic E-state index is 0.502. The largest absolute Gasteiger partial charge is 0.318 e. The van der Waals surface area contributed by atoms with Crippen molar-refractivity contribution in [2.24, 2.45) is 0 Å². The summed E-state index contributed by atoms with van der Waals surface area (Å²) in [6.07, 6.45) is 0. The van der Waals surface area contributed by atoms with Crippen LogP contribution in [0.5, 0.6) is 0 Å². The first-order chi connectivity index (χ1) is 8.70. The zero-order valence-electron chi connectivity index (χ0n) is 11.6. The molecule has 0 radical (unpaired) electrons. The maximum atomic E-state index is 3.34. The number of nitrogens with one attached hydrogen (secondary N) is 1. The molecule has 0 saturated carbocycles. The van der Waals surface area contributed by atoms with Crippen molar-refractivity contribution in [1.82, 2.24) is 10.2 Å². The summed E-state index contributed by atoms with van der Waals surface area (Å²) >= 11 is 2.11. The van der Waals surface area contributed by atoms with Crippen molar-refractivity contribution in [3.8, 4) is 0 Å². The molecule has 1 aromatic rings. The fourth-order valence-electron chi connectivity index (χ4n) is 2.80. The lowest BCUT2D eigenvalue weighted by atomic mass is 10.0. The van der Waals surface area contributed by atoms with E-state index in [0.29, 0.717) is 6.04 Å². The molecule has 1 N–H and O–H groups in total. The molecule has 0 spiro atoms. The topological polar surface area (TPSA) is 15.3 Å². The van der Waals surface area contributed by atoms with Gasteiger partial charge in [-0.2, -0.15) is 11.8 Å². The average Bonchev–Trinajstić information content (AvgIpc) is 2.36. The molecule has 1 aliphatic heterocycles. The summed E-state index contributed by atoms with van der Waals surface area (Å²) in [5.41, 5.74) is 1.43. The van der Waals surface area contributed by atoms with E-state index < -0.39 is 0 Å². The van der Waals surface area contributed by atoms with Gasteiger partial charge in [0.2, 0.25) is 0 Å². The molecular weight excluding hydrogens is 240 g/mol. The van der Waals surface area contributed by atoms with Crippen LogP contribution in [-0.4, -0.2) is 42.1 Å². The van der Waals surface area contributed by atoms with E-state index in [-0.39, 0.29) is 0 Å². The van der Waals surface area contributed by atoms with Crippen LogP contribution in [0.15, 0.2) is 30.3 Å². The monoisotopic (exact) mass is 264 g/mol. The number of hydrogen-bond donors (Lipinski definition) is 1. The summed E-state index contributed by atoms with van der Waals surface area (Å²) in [5.74, 6) is 0. The number of hydrogen-bond acceptors (Lipinski definition) is 3. The van der Waals surface area contributed by atoms with Crippen LogP contribution in [0.1, 0.15) is 25.5 Å². The van der Waals surface area contributed by atoms with Gasteiger partial charge in [-0.1, -0.05) is 44.2 Å². The fourth-order valence-corrected chi connectivity index (χ4v) is 4.15. The molecule has 1 aromatic carbocycles. The SMILES string of the molecule is CNCC(c1ccccc1)N1CC(C)SC(C)C1. The van der Waals surface area contributed by atoms with E-state index in [9.17, 15) is 0 Å². The Labute approximate surface area is 115 Å². The lowest BCUT2D eigenvalue weighted by molar-refractivity contribution is 0.192. The Morgan fingerprint density at radius 2 is 1.83 bits per heavy atom. The molecule has 2 nitrogen and oxygen atoms in total. The Balaban J connectivity index is 2.14. The van der Waals surface area contributed by atoms with Gasteiger partial charge < -0.3 is 5.32 Å². The van der Waals surface area contributed by atoms with Crippen molar-refractivity contribution in [3.63, 3.8) is 0 Å². The second-order valence-electron chi connectivity index (χ2n) is 5.20. The normalized spacial score (nSPS) is 27.1. The molecular formula is C15H24N2S. The second-order valence-corrected chi connectivity index (χ2v) is 7.08. The molecule has 1 aliphatic rings. The first-order valence-electron chi connectivity index (χ1n) is 6.79. The first-order valence-corrected chi connectivity index (χ1v) is 7.74. The molecule has 0 amide bonds. The van der Waals surface area contributed by atoms with E-state index in [1.807, 2.05) is 7.05 Å². The predicted molar refractivity (Wildman–Crippen MR) is 81.2 cm³/mol. The summed E-state index contributed by atoms with van der Waals surface area (Å²) in [6, 6.07) is 11.4. The van der Waals surface area contributed by atoms with Crippen LogP contribution in [0.25, 0.3) is 0 Å². The minimum atomic E-state index is 0.502. The summed E-state index contributed by atoms with van der Waals surface area (Å²) in [6.45, 7) is 8.09. The van der Waals surface area contributed by atoms with Gasteiger partial charge in [-0.25, -0.2) is 0 Å².